The second-order valence-electron chi connectivity index (χ2n) is 6.24. The number of hydrogen-bond acceptors (Lipinski definition) is 3. The number of halogens is 1. The molecular weight excluding hydrogens is 455 g/mol. The van der Waals surface area contributed by atoms with E-state index in [1.807, 2.05) is 0 Å². The molecule has 4 nitrogen and oxygen atoms in total. The number of aromatic nitrogens is 1. The number of guanidine groups is 1. The van der Waals surface area contributed by atoms with E-state index in [0.29, 0.717) is 12.5 Å². The van der Waals surface area contributed by atoms with Crippen molar-refractivity contribution < 1.29 is 0 Å². The van der Waals surface area contributed by atoms with Gasteiger partial charge in [-0.3, -0.25) is 4.99 Å². The average molecular weight is 480 g/mol. The van der Waals surface area contributed by atoms with Crippen LogP contribution in [0.5, 0.6) is 0 Å². The van der Waals surface area contributed by atoms with Gasteiger partial charge >= 0.3 is 0 Å². The van der Waals surface area contributed by atoms with E-state index >= 15 is 0 Å². The van der Waals surface area contributed by atoms with Crippen LogP contribution in [-0.2, 0) is 13.1 Å². The summed E-state index contributed by atoms with van der Waals surface area (Å²) in [7, 11) is 1.79. The minimum Gasteiger partial charge on any atom is -0.352 e. The lowest BCUT2D eigenvalue weighted by molar-refractivity contribution is 0.786. The van der Waals surface area contributed by atoms with Crippen molar-refractivity contribution in [3.63, 3.8) is 0 Å². The molecule has 0 aliphatic rings. The predicted molar refractivity (Wildman–Crippen MR) is 123 cm³/mol. The third-order valence-electron chi connectivity index (χ3n) is 4.12. The largest absolute Gasteiger partial charge is 0.352 e. The molecule has 6 heteroatoms. The molecule has 138 valence electrons. The van der Waals surface area contributed by atoms with Gasteiger partial charge in [0.2, 0.25) is 0 Å². The van der Waals surface area contributed by atoms with Gasteiger partial charge in [0.15, 0.2) is 5.96 Å². The Kier molecular flexibility index (Phi) is 7.84. The maximum atomic E-state index is 4.65. The minimum absolute atomic E-state index is 0. The maximum absolute atomic E-state index is 4.65. The highest BCUT2D eigenvalue weighted by atomic mass is 127. The highest BCUT2D eigenvalue weighted by Crippen LogP contribution is 2.19. The van der Waals surface area contributed by atoms with Crippen LogP contribution >= 0.6 is 35.3 Å². The van der Waals surface area contributed by atoms with Crippen molar-refractivity contribution in [2.45, 2.75) is 32.9 Å². The average Bonchev–Trinajstić information content (AvgIpc) is 3.11. The van der Waals surface area contributed by atoms with Gasteiger partial charge in [-0.2, -0.15) is 0 Å². The quantitative estimate of drug-likeness (QED) is 0.310. The molecule has 0 spiro atoms. The number of nitrogens with zero attached hydrogens (tertiary/aromatic N) is 2. The second-order valence-corrected chi connectivity index (χ2v) is 7.18. The van der Waals surface area contributed by atoms with Gasteiger partial charge in [-0.15, -0.1) is 35.3 Å². The van der Waals surface area contributed by atoms with Gasteiger partial charge in [0.05, 0.1) is 12.2 Å². The molecule has 26 heavy (non-hydrogen) atoms. The fourth-order valence-electron chi connectivity index (χ4n) is 2.68. The molecule has 0 amide bonds. The van der Waals surface area contributed by atoms with Gasteiger partial charge < -0.3 is 10.6 Å². The molecule has 2 aromatic carbocycles. The molecule has 2 N–H and O–H groups in total. The Labute approximate surface area is 176 Å². The summed E-state index contributed by atoms with van der Waals surface area (Å²) in [5.74, 6) is 1.25. The first-order valence-corrected chi connectivity index (χ1v) is 9.41. The number of aliphatic imine (C=N–C) groups is 1. The van der Waals surface area contributed by atoms with E-state index in [1.165, 1.54) is 16.3 Å². The van der Waals surface area contributed by atoms with Crippen LogP contribution < -0.4 is 10.6 Å². The maximum Gasteiger partial charge on any atom is 0.191 e. The first kappa shape index (κ1) is 20.6. The summed E-state index contributed by atoms with van der Waals surface area (Å²) in [6.07, 6.45) is 0. The SMILES string of the molecule is CN=C(NCc1nc(C(C)C)cs1)NCc1cccc2ccccc12.I. The Morgan fingerprint density at radius 1 is 1.08 bits per heavy atom. The van der Waals surface area contributed by atoms with Crippen molar-refractivity contribution >= 4 is 52.0 Å². The molecule has 0 radical (unpaired) electrons. The molecule has 0 aliphatic carbocycles. The Bertz CT molecular complexity index is 868. The fourth-order valence-corrected chi connectivity index (χ4v) is 3.57. The summed E-state index contributed by atoms with van der Waals surface area (Å²) in [5.41, 5.74) is 2.41. The normalized spacial score (nSPS) is 11.5. The van der Waals surface area contributed by atoms with Crippen LogP contribution in [0, 0.1) is 0 Å². The van der Waals surface area contributed by atoms with Crippen LogP contribution in [-0.4, -0.2) is 18.0 Å². The van der Waals surface area contributed by atoms with E-state index < -0.39 is 0 Å². The van der Waals surface area contributed by atoms with E-state index in [1.54, 1.807) is 18.4 Å². The molecule has 0 fully saturated rings. The molecule has 1 heterocycles. The number of hydrogen-bond donors (Lipinski definition) is 2. The second kappa shape index (κ2) is 9.87. The van der Waals surface area contributed by atoms with Crippen molar-refractivity contribution in [1.29, 1.82) is 0 Å². The van der Waals surface area contributed by atoms with Gasteiger partial charge in [-0.05, 0) is 22.3 Å². The molecular formula is C20H25IN4S. The number of benzene rings is 2. The van der Waals surface area contributed by atoms with E-state index in [9.17, 15) is 0 Å². The van der Waals surface area contributed by atoms with E-state index in [0.717, 1.165) is 23.2 Å². The Morgan fingerprint density at radius 3 is 2.54 bits per heavy atom. The molecule has 0 unspecified atom stereocenters. The zero-order chi connectivity index (χ0) is 17.6. The third-order valence-corrected chi connectivity index (χ3v) is 4.98. The first-order chi connectivity index (χ1) is 12.2. The van der Waals surface area contributed by atoms with Crippen LogP contribution in [0.1, 0.15) is 36.0 Å². The number of rotatable bonds is 5. The lowest BCUT2D eigenvalue weighted by atomic mass is 10.0. The highest BCUT2D eigenvalue weighted by molar-refractivity contribution is 14.0. The molecule has 3 rings (SSSR count). The van der Waals surface area contributed by atoms with E-state index in [2.05, 4.69) is 82.3 Å². The molecule has 0 saturated carbocycles. The molecule has 0 saturated heterocycles. The van der Waals surface area contributed by atoms with Crippen molar-refractivity contribution in [3.05, 3.63) is 64.1 Å². The van der Waals surface area contributed by atoms with Crippen LogP contribution in [0.4, 0.5) is 0 Å². The summed E-state index contributed by atoms with van der Waals surface area (Å²) < 4.78 is 0. The van der Waals surface area contributed by atoms with Crippen molar-refractivity contribution in [3.8, 4) is 0 Å². The lowest BCUT2D eigenvalue weighted by Crippen LogP contribution is -2.36. The van der Waals surface area contributed by atoms with Crippen molar-refractivity contribution in [2.75, 3.05) is 7.05 Å². The van der Waals surface area contributed by atoms with Gasteiger partial charge in [0.25, 0.3) is 0 Å². The Morgan fingerprint density at radius 2 is 1.81 bits per heavy atom. The van der Waals surface area contributed by atoms with Crippen molar-refractivity contribution in [1.82, 2.24) is 15.6 Å². The molecule has 0 aliphatic heterocycles. The monoisotopic (exact) mass is 480 g/mol. The van der Waals surface area contributed by atoms with Crippen LogP contribution in [0.2, 0.25) is 0 Å². The predicted octanol–water partition coefficient (Wildman–Crippen LogP) is 4.90. The smallest absolute Gasteiger partial charge is 0.191 e. The summed E-state index contributed by atoms with van der Waals surface area (Å²) >= 11 is 1.69. The fraction of sp³-hybridized carbons (Fsp3) is 0.300. The number of nitrogens with one attached hydrogen (secondary N) is 2. The van der Waals surface area contributed by atoms with Crippen LogP contribution in [0.25, 0.3) is 10.8 Å². The Balaban J connectivity index is 0.00000243. The van der Waals surface area contributed by atoms with Gasteiger partial charge in [-0.25, -0.2) is 4.98 Å². The van der Waals surface area contributed by atoms with Gasteiger partial charge in [0, 0.05) is 19.0 Å². The zero-order valence-electron chi connectivity index (χ0n) is 15.3. The molecule has 1 aromatic heterocycles. The molecule has 3 aromatic rings. The summed E-state index contributed by atoms with van der Waals surface area (Å²) in [4.78, 5) is 8.96. The summed E-state index contributed by atoms with van der Waals surface area (Å²) in [5, 5.41) is 12.5. The van der Waals surface area contributed by atoms with Crippen LogP contribution in [0.15, 0.2) is 52.8 Å². The van der Waals surface area contributed by atoms with Gasteiger partial charge in [-0.1, -0.05) is 56.3 Å². The van der Waals surface area contributed by atoms with Crippen molar-refractivity contribution in [2.24, 2.45) is 4.99 Å². The summed E-state index contributed by atoms with van der Waals surface area (Å²) in [6.45, 7) is 5.75. The lowest BCUT2D eigenvalue weighted by Gasteiger charge is -2.12. The zero-order valence-corrected chi connectivity index (χ0v) is 18.5. The van der Waals surface area contributed by atoms with E-state index in [-0.39, 0.29) is 24.0 Å². The third kappa shape index (κ3) is 5.17. The number of fused-ring (bicyclic) bond motifs is 1. The minimum atomic E-state index is 0. The highest BCUT2D eigenvalue weighted by Gasteiger charge is 2.07. The van der Waals surface area contributed by atoms with Gasteiger partial charge in [0.1, 0.15) is 5.01 Å². The number of thiazole rings is 1. The first-order valence-electron chi connectivity index (χ1n) is 8.53. The van der Waals surface area contributed by atoms with Crippen LogP contribution in [0.3, 0.4) is 0 Å². The summed E-state index contributed by atoms with van der Waals surface area (Å²) in [6, 6.07) is 14.8. The molecule has 0 atom stereocenters. The Hall–Kier alpha value is -1.67. The van der Waals surface area contributed by atoms with E-state index in [4.69, 9.17) is 0 Å². The standard InChI is InChI=1S/C20H24N4S.HI/c1-14(2)18-13-25-19(24-18)12-23-20(21-3)22-11-16-9-6-8-15-7-4-5-10-17(15)16;/h4-10,13-14H,11-12H2,1-3H3,(H2,21,22,23);1H. The topological polar surface area (TPSA) is 49.3 Å². The molecule has 0 bridgehead atoms.